The van der Waals surface area contributed by atoms with Gasteiger partial charge in [0, 0.05) is 18.2 Å². The maximum Gasteiger partial charge on any atom is 0.220 e. The fourth-order valence-corrected chi connectivity index (χ4v) is 3.80. The molecule has 194 valence electrons. The monoisotopic (exact) mass is 493 g/mol. The Balaban J connectivity index is 1.49. The molecule has 0 bridgehead atoms. The predicted molar refractivity (Wildman–Crippen MR) is 125 cm³/mol. The Morgan fingerprint density at radius 3 is 2.43 bits per heavy atom. The minimum absolute atomic E-state index is 0.0562. The fourth-order valence-electron chi connectivity index (χ4n) is 3.80. The zero-order valence-electron chi connectivity index (χ0n) is 20.1. The van der Waals surface area contributed by atoms with Crippen molar-refractivity contribution >= 4 is 0 Å². The molecule has 2 aromatic carbocycles. The Kier molecular flexibility index (Phi) is 9.84. The maximum absolute atomic E-state index is 10.6. The molecule has 6 N–H and O–H groups in total. The molecule has 1 fully saturated rings. The highest BCUT2D eigenvalue weighted by atomic mass is 17.2. The van der Waals surface area contributed by atoms with Crippen LogP contribution in [-0.4, -0.2) is 75.9 Å². The van der Waals surface area contributed by atoms with Crippen LogP contribution in [-0.2, 0) is 27.5 Å². The predicted octanol–water partition coefficient (Wildman–Crippen LogP) is 0.931. The van der Waals surface area contributed by atoms with E-state index in [4.69, 9.17) is 19.2 Å². The number of aliphatic hydroxyl groups excluding tert-OH is 4. The number of phenolic OH excluding ortho intramolecular Hbond substituents is 1. The number of phenols is 1. The van der Waals surface area contributed by atoms with Gasteiger partial charge in [0.1, 0.15) is 36.4 Å². The van der Waals surface area contributed by atoms with Gasteiger partial charge in [0.15, 0.2) is 0 Å². The van der Waals surface area contributed by atoms with E-state index in [-0.39, 0.29) is 18.4 Å². The van der Waals surface area contributed by atoms with Crippen molar-refractivity contribution in [3.8, 4) is 11.5 Å². The van der Waals surface area contributed by atoms with Crippen molar-refractivity contribution in [2.45, 2.75) is 69.7 Å². The Labute approximate surface area is 204 Å². The Morgan fingerprint density at radius 2 is 1.74 bits per heavy atom. The topological polar surface area (TPSA) is 150 Å². The average Bonchev–Trinajstić information content (AvgIpc) is 2.85. The van der Waals surface area contributed by atoms with E-state index in [0.29, 0.717) is 17.7 Å². The summed E-state index contributed by atoms with van der Waals surface area (Å²) in [5.41, 5.74) is 2.08. The van der Waals surface area contributed by atoms with E-state index in [9.17, 15) is 25.5 Å². The van der Waals surface area contributed by atoms with Crippen molar-refractivity contribution in [2.75, 3.05) is 13.7 Å². The number of ether oxygens (including phenoxy) is 2. The summed E-state index contributed by atoms with van der Waals surface area (Å²) in [7, 11) is 1.63. The Bertz CT molecular complexity index is 926. The van der Waals surface area contributed by atoms with E-state index < -0.39 is 36.8 Å². The van der Waals surface area contributed by atoms with Gasteiger partial charge in [-0.25, -0.2) is 9.78 Å². The van der Waals surface area contributed by atoms with Crippen LogP contribution in [0.4, 0.5) is 0 Å². The van der Waals surface area contributed by atoms with Crippen molar-refractivity contribution in [1.82, 2.24) is 5.32 Å². The second-order valence-corrected chi connectivity index (χ2v) is 8.81. The molecule has 0 spiro atoms. The summed E-state index contributed by atoms with van der Waals surface area (Å²) >= 11 is 0. The molecule has 3 rings (SSSR count). The number of aromatic hydroxyl groups is 1. The molecule has 10 nitrogen and oxygen atoms in total. The van der Waals surface area contributed by atoms with Gasteiger partial charge in [0.05, 0.1) is 19.3 Å². The SMILES string of the molecule is COc1ccc(CC(C)NCC(O)c2ccc(O)c(COO[C@@H]3O[C@H](C)[C@@H](O)[C@H](O)[C@H]3O)c2)cc1. The first-order valence-corrected chi connectivity index (χ1v) is 11.5. The summed E-state index contributed by atoms with van der Waals surface area (Å²) in [6.07, 6.45) is -6.33. The van der Waals surface area contributed by atoms with Crippen LogP contribution in [0.3, 0.4) is 0 Å². The minimum Gasteiger partial charge on any atom is -0.508 e. The quantitative estimate of drug-likeness (QED) is 0.197. The van der Waals surface area contributed by atoms with Crippen molar-refractivity contribution in [1.29, 1.82) is 0 Å². The largest absolute Gasteiger partial charge is 0.508 e. The molecular formula is C25H35NO9. The first-order chi connectivity index (χ1) is 16.7. The molecule has 2 aromatic rings. The van der Waals surface area contributed by atoms with Crippen molar-refractivity contribution in [2.24, 2.45) is 0 Å². The molecule has 0 saturated carbocycles. The zero-order chi connectivity index (χ0) is 25.5. The number of hydrogen-bond acceptors (Lipinski definition) is 10. The molecule has 1 aliphatic rings. The second kappa shape index (κ2) is 12.6. The van der Waals surface area contributed by atoms with Gasteiger partial charge in [-0.05, 0) is 55.7 Å². The second-order valence-electron chi connectivity index (χ2n) is 8.81. The molecule has 0 aliphatic carbocycles. The lowest BCUT2D eigenvalue weighted by atomic mass is 10.0. The van der Waals surface area contributed by atoms with Crippen LogP contribution in [0.5, 0.6) is 11.5 Å². The molecule has 7 atom stereocenters. The lowest BCUT2D eigenvalue weighted by molar-refractivity contribution is -0.428. The lowest BCUT2D eigenvalue weighted by Crippen LogP contribution is -2.57. The van der Waals surface area contributed by atoms with Crippen LogP contribution in [0.1, 0.15) is 36.6 Å². The molecule has 0 amide bonds. The summed E-state index contributed by atoms with van der Waals surface area (Å²) in [5, 5.41) is 53.6. The van der Waals surface area contributed by atoms with Gasteiger partial charge in [-0.1, -0.05) is 18.2 Å². The van der Waals surface area contributed by atoms with Crippen molar-refractivity contribution < 1.29 is 44.8 Å². The van der Waals surface area contributed by atoms with Crippen molar-refractivity contribution in [3.05, 3.63) is 59.2 Å². The van der Waals surface area contributed by atoms with E-state index in [0.717, 1.165) is 17.7 Å². The Hall–Kier alpha value is -2.28. The third kappa shape index (κ3) is 7.35. The van der Waals surface area contributed by atoms with Gasteiger partial charge in [-0.3, -0.25) is 0 Å². The smallest absolute Gasteiger partial charge is 0.220 e. The first-order valence-electron chi connectivity index (χ1n) is 11.5. The summed E-state index contributed by atoms with van der Waals surface area (Å²) in [4.78, 5) is 10.2. The van der Waals surface area contributed by atoms with Gasteiger partial charge in [-0.15, -0.1) is 0 Å². The highest BCUT2D eigenvalue weighted by Gasteiger charge is 2.43. The molecule has 35 heavy (non-hydrogen) atoms. The highest BCUT2D eigenvalue weighted by molar-refractivity contribution is 5.36. The van der Waals surface area contributed by atoms with Gasteiger partial charge < -0.3 is 40.3 Å². The van der Waals surface area contributed by atoms with Crippen LogP contribution < -0.4 is 10.1 Å². The molecular weight excluding hydrogens is 458 g/mol. The standard InChI is InChI=1S/C25H35NO9/c1-14(10-16-4-7-19(32-3)8-5-16)26-12-21(28)17-6-9-20(27)18(11-17)13-33-35-25-24(31)23(30)22(29)15(2)34-25/h4-9,11,14-15,21-31H,10,12-13H2,1-3H3/t14?,15-,21?,22-,23+,24-,25+/m1/s1. The third-order valence-electron chi connectivity index (χ3n) is 6.03. The number of methoxy groups -OCH3 is 1. The molecule has 2 unspecified atom stereocenters. The summed E-state index contributed by atoms with van der Waals surface area (Å²) in [6, 6.07) is 12.6. The van der Waals surface area contributed by atoms with Gasteiger partial charge in [0.25, 0.3) is 0 Å². The molecule has 0 aromatic heterocycles. The van der Waals surface area contributed by atoms with Gasteiger partial charge >= 0.3 is 0 Å². The number of nitrogens with one attached hydrogen (secondary N) is 1. The first kappa shape index (κ1) is 27.3. The van der Waals surface area contributed by atoms with Crippen LogP contribution in [0.2, 0.25) is 0 Å². The minimum atomic E-state index is -1.51. The van der Waals surface area contributed by atoms with Gasteiger partial charge in [-0.2, -0.15) is 0 Å². The fraction of sp³-hybridized carbons (Fsp3) is 0.520. The normalized spacial score (nSPS) is 26.3. The van der Waals surface area contributed by atoms with E-state index in [1.165, 1.54) is 13.0 Å². The summed E-state index contributed by atoms with van der Waals surface area (Å²) in [5.74, 6) is 0.745. The van der Waals surface area contributed by atoms with Crippen LogP contribution >= 0.6 is 0 Å². The molecule has 10 heteroatoms. The van der Waals surface area contributed by atoms with Crippen molar-refractivity contribution in [3.63, 3.8) is 0 Å². The highest BCUT2D eigenvalue weighted by Crippen LogP contribution is 2.25. The van der Waals surface area contributed by atoms with Crippen LogP contribution in [0.15, 0.2) is 42.5 Å². The molecule has 1 saturated heterocycles. The third-order valence-corrected chi connectivity index (χ3v) is 6.03. The van der Waals surface area contributed by atoms with E-state index >= 15 is 0 Å². The number of rotatable bonds is 11. The number of aliphatic hydroxyl groups is 4. The molecule has 1 aliphatic heterocycles. The average molecular weight is 494 g/mol. The zero-order valence-corrected chi connectivity index (χ0v) is 20.1. The lowest BCUT2D eigenvalue weighted by Gasteiger charge is -2.37. The number of benzene rings is 2. The molecule has 1 heterocycles. The van der Waals surface area contributed by atoms with Crippen LogP contribution in [0, 0.1) is 0 Å². The van der Waals surface area contributed by atoms with Gasteiger partial charge in [0.2, 0.25) is 6.29 Å². The van der Waals surface area contributed by atoms with E-state index in [1.54, 1.807) is 19.2 Å². The van der Waals surface area contributed by atoms with Crippen LogP contribution in [0.25, 0.3) is 0 Å². The van der Waals surface area contributed by atoms with E-state index in [1.807, 2.05) is 31.2 Å². The Morgan fingerprint density at radius 1 is 1.03 bits per heavy atom. The maximum atomic E-state index is 10.6. The number of hydrogen-bond donors (Lipinski definition) is 6. The summed E-state index contributed by atoms with van der Waals surface area (Å²) < 4.78 is 10.5. The molecule has 0 radical (unpaired) electrons. The van der Waals surface area contributed by atoms with E-state index in [2.05, 4.69) is 5.32 Å². The summed E-state index contributed by atoms with van der Waals surface area (Å²) in [6.45, 7) is 3.66.